The van der Waals surface area contributed by atoms with Crippen molar-refractivity contribution in [2.24, 2.45) is 0 Å². The summed E-state index contributed by atoms with van der Waals surface area (Å²) in [5.41, 5.74) is 1.78. The summed E-state index contributed by atoms with van der Waals surface area (Å²) < 4.78 is 37.9. The van der Waals surface area contributed by atoms with Crippen LogP contribution < -0.4 is 10.2 Å². The van der Waals surface area contributed by atoms with Gasteiger partial charge >= 0.3 is 6.18 Å². The highest BCUT2D eigenvalue weighted by Crippen LogP contribution is 2.34. The largest absolute Gasteiger partial charge is 0.405 e. The molecule has 1 aliphatic rings. The van der Waals surface area contributed by atoms with Crippen LogP contribution in [0.3, 0.4) is 0 Å². The van der Waals surface area contributed by atoms with Gasteiger partial charge in [-0.1, -0.05) is 19.1 Å². The Balaban J connectivity index is 2.14. The third kappa shape index (κ3) is 3.88. The molecule has 1 aromatic carbocycles. The molecule has 1 saturated carbocycles. The maximum absolute atomic E-state index is 12.6. The van der Waals surface area contributed by atoms with Gasteiger partial charge in [-0.05, 0) is 44.0 Å². The Bertz CT molecular complexity index is 420. The Labute approximate surface area is 118 Å². The average Bonchev–Trinajstić information content (AvgIpc) is 3.22. The van der Waals surface area contributed by atoms with E-state index in [0.717, 1.165) is 24.8 Å². The van der Waals surface area contributed by atoms with Gasteiger partial charge in [-0.2, -0.15) is 13.2 Å². The number of rotatable bonds is 6. The fourth-order valence-electron chi connectivity index (χ4n) is 2.52. The van der Waals surface area contributed by atoms with Crippen LogP contribution in [0.25, 0.3) is 0 Å². The summed E-state index contributed by atoms with van der Waals surface area (Å²) >= 11 is 0. The predicted octanol–water partition coefficient (Wildman–Crippen LogP) is 3.89. The van der Waals surface area contributed by atoms with Crippen LogP contribution in [0.2, 0.25) is 0 Å². The number of anilines is 1. The quantitative estimate of drug-likeness (QED) is 0.853. The lowest BCUT2D eigenvalue weighted by Crippen LogP contribution is -2.35. The molecule has 1 aromatic rings. The highest BCUT2D eigenvalue weighted by atomic mass is 19.4. The third-order valence-electron chi connectivity index (χ3n) is 3.72. The number of hydrogen-bond donors (Lipinski definition) is 1. The number of benzene rings is 1. The maximum atomic E-state index is 12.6. The SMILES string of the molecule is CCC(NC)c1ccc(N(CC(F)(F)F)C2CC2)cc1. The second kappa shape index (κ2) is 6.04. The van der Waals surface area contributed by atoms with E-state index in [1.807, 2.05) is 19.2 Å². The molecular formula is C15H21F3N2. The lowest BCUT2D eigenvalue weighted by atomic mass is 10.0. The third-order valence-corrected chi connectivity index (χ3v) is 3.72. The Morgan fingerprint density at radius 2 is 1.85 bits per heavy atom. The van der Waals surface area contributed by atoms with Gasteiger partial charge in [0, 0.05) is 17.8 Å². The van der Waals surface area contributed by atoms with Crippen LogP contribution >= 0.6 is 0 Å². The highest BCUT2D eigenvalue weighted by Gasteiger charge is 2.38. The first-order valence-corrected chi connectivity index (χ1v) is 7.05. The van der Waals surface area contributed by atoms with Gasteiger partial charge in [-0.3, -0.25) is 0 Å². The van der Waals surface area contributed by atoms with Gasteiger partial charge in [-0.25, -0.2) is 0 Å². The van der Waals surface area contributed by atoms with Gasteiger partial charge in [0.05, 0.1) is 0 Å². The molecule has 0 bridgehead atoms. The zero-order valence-corrected chi connectivity index (χ0v) is 11.9. The van der Waals surface area contributed by atoms with Crippen LogP contribution in [0, 0.1) is 0 Å². The van der Waals surface area contributed by atoms with E-state index >= 15 is 0 Å². The molecule has 1 unspecified atom stereocenters. The molecule has 2 nitrogen and oxygen atoms in total. The summed E-state index contributed by atoms with van der Waals surface area (Å²) in [6, 6.07) is 7.76. The van der Waals surface area contributed by atoms with Crippen LogP contribution in [-0.2, 0) is 0 Å². The fraction of sp³-hybridized carbons (Fsp3) is 0.600. The molecule has 0 heterocycles. The van der Waals surface area contributed by atoms with Crippen LogP contribution in [0.5, 0.6) is 0 Å². The molecule has 5 heteroatoms. The molecule has 20 heavy (non-hydrogen) atoms. The summed E-state index contributed by atoms with van der Waals surface area (Å²) in [5, 5.41) is 3.20. The normalized spacial score (nSPS) is 17.1. The topological polar surface area (TPSA) is 15.3 Å². The summed E-state index contributed by atoms with van der Waals surface area (Å²) in [7, 11) is 1.89. The van der Waals surface area contributed by atoms with Crippen LogP contribution in [0.15, 0.2) is 24.3 Å². The average molecular weight is 286 g/mol. The van der Waals surface area contributed by atoms with Crippen molar-refractivity contribution in [3.05, 3.63) is 29.8 Å². The Hall–Kier alpha value is -1.23. The first-order chi connectivity index (χ1) is 9.44. The minimum atomic E-state index is -4.15. The molecule has 2 rings (SSSR count). The molecule has 0 radical (unpaired) electrons. The second-order valence-electron chi connectivity index (χ2n) is 5.32. The minimum Gasteiger partial charge on any atom is -0.360 e. The molecule has 1 N–H and O–H groups in total. The smallest absolute Gasteiger partial charge is 0.360 e. The summed E-state index contributed by atoms with van der Waals surface area (Å²) in [6.45, 7) is 1.22. The van der Waals surface area contributed by atoms with Crippen molar-refractivity contribution in [1.82, 2.24) is 5.32 Å². The lowest BCUT2D eigenvalue weighted by Gasteiger charge is -2.26. The van der Waals surface area contributed by atoms with Gasteiger partial charge in [0.2, 0.25) is 0 Å². The van der Waals surface area contributed by atoms with E-state index < -0.39 is 12.7 Å². The lowest BCUT2D eigenvalue weighted by molar-refractivity contribution is -0.120. The van der Waals surface area contributed by atoms with E-state index in [2.05, 4.69) is 12.2 Å². The molecule has 0 aromatic heterocycles. The monoisotopic (exact) mass is 286 g/mol. The summed E-state index contributed by atoms with van der Waals surface area (Å²) in [4.78, 5) is 1.48. The van der Waals surface area contributed by atoms with Gasteiger partial charge in [0.15, 0.2) is 0 Å². The van der Waals surface area contributed by atoms with Gasteiger partial charge in [-0.15, -0.1) is 0 Å². The van der Waals surface area contributed by atoms with Gasteiger partial charge < -0.3 is 10.2 Å². The molecule has 1 fully saturated rings. The zero-order chi connectivity index (χ0) is 14.8. The zero-order valence-electron chi connectivity index (χ0n) is 11.9. The number of nitrogens with one attached hydrogen (secondary N) is 1. The molecule has 1 atom stereocenters. The van der Waals surface area contributed by atoms with Crippen molar-refractivity contribution >= 4 is 5.69 Å². The van der Waals surface area contributed by atoms with Gasteiger partial charge in [0.1, 0.15) is 6.54 Å². The van der Waals surface area contributed by atoms with Crippen molar-refractivity contribution in [2.45, 2.75) is 44.4 Å². The van der Waals surface area contributed by atoms with E-state index in [0.29, 0.717) is 5.69 Å². The number of nitrogens with zero attached hydrogens (tertiary/aromatic N) is 1. The van der Waals surface area contributed by atoms with E-state index in [-0.39, 0.29) is 12.1 Å². The molecule has 0 spiro atoms. The molecule has 0 saturated heterocycles. The van der Waals surface area contributed by atoms with Crippen molar-refractivity contribution in [3.63, 3.8) is 0 Å². The Morgan fingerprint density at radius 3 is 2.25 bits per heavy atom. The molecular weight excluding hydrogens is 265 g/mol. The van der Waals surface area contributed by atoms with E-state index in [9.17, 15) is 13.2 Å². The maximum Gasteiger partial charge on any atom is 0.405 e. The summed E-state index contributed by atoms with van der Waals surface area (Å²) in [5.74, 6) is 0. The van der Waals surface area contributed by atoms with Crippen molar-refractivity contribution in [1.29, 1.82) is 0 Å². The first-order valence-electron chi connectivity index (χ1n) is 7.05. The van der Waals surface area contributed by atoms with E-state index in [4.69, 9.17) is 0 Å². The predicted molar refractivity (Wildman–Crippen MR) is 75.0 cm³/mol. The van der Waals surface area contributed by atoms with Crippen LogP contribution in [0.4, 0.5) is 18.9 Å². The fourth-order valence-corrected chi connectivity index (χ4v) is 2.52. The van der Waals surface area contributed by atoms with Crippen LogP contribution in [-0.4, -0.2) is 25.8 Å². The van der Waals surface area contributed by atoms with Crippen LogP contribution in [0.1, 0.15) is 37.8 Å². The molecule has 112 valence electrons. The number of hydrogen-bond acceptors (Lipinski definition) is 2. The number of alkyl halides is 3. The van der Waals surface area contributed by atoms with Gasteiger partial charge in [0.25, 0.3) is 0 Å². The Morgan fingerprint density at radius 1 is 1.25 bits per heavy atom. The van der Waals surface area contributed by atoms with E-state index in [1.54, 1.807) is 12.1 Å². The highest BCUT2D eigenvalue weighted by molar-refractivity contribution is 5.50. The van der Waals surface area contributed by atoms with Crippen molar-refractivity contribution in [3.8, 4) is 0 Å². The van der Waals surface area contributed by atoms with E-state index in [1.165, 1.54) is 4.90 Å². The second-order valence-corrected chi connectivity index (χ2v) is 5.32. The Kier molecular flexibility index (Phi) is 4.58. The minimum absolute atomic E-state index is 0.0498. The van der Waals surface area contributed by atoms with Crippen molar-refractivity contribution < 1.29 is 13.2 Å². The summed E-state index contributed by atoms with van der Waals surface area (Å²) in [6.07, 6.45) is -1.50. The molecule has 0 aliphatic heterocycles. The molecule has 1 aliphatic carbocycles. The number of halogens is 3. The van der Waals surface area contributed by atoms with Crippen molar-refractivity contribution in [2.75, 3.05) is 18.5 Å². The standard InChI is InChI=1S/C15H21F3N2/c1-3-14(19-2)11-4-6-12(7-5-11)20(13-8-9-13)10-15(16,17)18/h4-7,13-14,19H,3,8-10H2,1-2H3. The molecule has 0 amide bonds. The first kappa shape index (κ1) is 15.2.